The zero-order chi connectivity index (χ0) is 32.2. The van der Waals surface area contributed by atoms with Crippen LogP contribution in [0.1, 0.15) is 86.1 Å². The van der Waals surface area contributed by atoms with E-state index in [9.17, 15) is 27.1 Å². The molecule has 1 N–H and O–H groups in total. The van der Waals surface area contributed by atoms with Gasteiger partial charge >= 0.3 is 5.97 Å². The van der Waals surface area contributed by atoms with Crippen LogP contribution in [0.2, 0.25) is 0 Å². The molecule has 4 heterocycles. The summed E-state index contributed by atoms with van der Waals surface area (Å²) >= 11 is 0. The number of carboxylic acid groups (broad SMARTS) is 1. The second kappa shape index (κ2) is 12.9. The molecular formula is C34H40F2N6O4S. The number of alkyl halides is 2. The van der Waals surface area contributed by atoms with Crippen LogP contribution in [0.3, 0.4) is 0 Å². The van der Waals surface area contributed by atoms with Crippen molar-refractivity contribution in [2.75, 3.05) is 18.0 Å². The quantitative estimate of drug-likeness (QED) is 0.221. The lowest BCUT2D eigenvalue weighted by Gasteiger charge is -2.36. The van der Waals surface area contributed by atoms with E-state index in [1.54, 1.807) is 53.3 Å². The van der Waals surface area contributed by atoms with Crippen LogP contribution in [0.25, 0.3) is 11.0 Å². The van der Waals surface area contributed by atoms with E-state index < -0.39 is 34.8 Å². The molecule has 2 fully saturated rings. The van der Waals surface area contributed by atoms with Gasteiger partial charge in [0.15, 0.2) is 0 Å². The van der Waals surface area contributed by atoms with E-state index in [-0.39, 0.29) is 48.1 Å². The zero-order valence-corrected chi connectivity index (χ0v) is 26.3. The number of benzene rings is 2. The maximum atomic E-state index is 14.8. The van der Waals surface area contributed by atoms with E-state index in [1.807, 2.05) is 6.92 Å². The highest BCUT2D eigenvalue weighted by atomic mass is 32.2. The summed E-state index contributed by atoms with van der Waals surface area (Å²) in [6.45, 7) is 3.54. The van der Waals surface area contributed by atoms with E-state index in [4.69, 9.17) is 0 Å². The summed E-state index contributed by atoms with van der Waals surface area (Å²) in [6.07, 6.45) is 3.21. The van der Waals surface area contributed by atoms with Gasteiger partial charge in [-0.1, -0.05) is 36.9 Å². The van der Waals surface area contributed by atoms with Crippen molar-refractivity contribution in [1.29, 1.82) is 0 Å². The van der Waals surface area contributed by atoms with Gasteiger partial charge in [-0.25, -0.2) is 26.9 Å². The predicted molar refractivity (Wildman–Crippen MR) is 174 cm³/mol. The lowest BCUT2D eigenvalue weighted by atomic mass is 9.84. The van der Waals surface area contributed by atoms with Crippen molar-refractivity contribution in [3.8, 4) is 0 Å². The highest BCUT2D eigenvalue weighted by Gasteiger charge is 2.39. The van der Waals surface area contributed by atoms with Crippen molar-refractivity contribution >= 4 is 32.8 Å². The molecule has 0 amide bonds. The van der Waals surface area contributed by atoms with Crippen LogP contribution in [0, 0.1) is 12.8 Å². The molecule has 0 unspecified atom stereocenters. The average Bonchev–Trinajstić information content (AvgIpc) is 3.78. The van der Waals surface area contributed by atoms with Crippen LogP contribution in [0.15, 0.2) is 53.6 Å². The van der Waals surface area contributed by atoms with Crippen LogP contribution >= 0.6 is 0 Å². The van der Waals surface area contributed by atoms with Gasteiger partial charge in [-0.05, 0) is 85.4 Å². The third-order valence-electron chi connectivity index (χ3n) is 9.67. The van der Waals surface area contributed by atoms with Crippen molar-refractivity contribution in [3.63, 3.8) is 0 Å². The Balaban J connectivity index is 0.00000386. The fourth-order valence-corrected chi connectivity index (χ4v) is 8.63. The number of pyridine rings is 1. The molecular weight excluding hydrogens is 626 g/mol. The number of anilines is 1. The van der Waals surface area contributed by atoms with E-state index >= 15 is 0 Å². The zero-order valence-electron chi connectivity index (χ0n) is 25.5. The topological polar surface area (TPSA) is 122 Å². The molecule has 2 atom stereocenters. The number of aryl methyl sites for hydroxylation is 1. The Labute approximate surface area is 273 Å². The van der Waals surface area contributed by atoms with Crippen molar-refractivity contribution in [2.24, 2.45) is 5.92 Å². The molecule has 1 saturated carbocycles. The summed E-state index contributed by atoms with van der Waals surface area (Å²) in [5, 5.41) is 18.2. The maximum absolute atomic E-state index is 14.8. The first kappa shape index (κ1) is 33.0. The van der Waals surface area contributed by atoms with Gasteiger partial charge in [0.05, 0.1) is 17.5 Å². The van der Waals surface area contributed by atoms with Gasteiger partial charge in [-0.15, -0.1) is 5.10 Å². The molecule has 13 heteroatoms. The Hall–Kier alpha value is -3.97. The fourth-order valence-electron chi connectivity index (χ4n) is 7.03. The normalized spacial score (nSPS) is 19.9. The molecule has 2 aliphatic heterocycles. The van der Waals surface area contributed by atoms with Gasteiger partial charge in [0.25, 0.3) is 6.43 Å². The number of fused-ring (bicyclic) bond motifs is 4. The minimum absolute atomic E-state index is 0. The Morgan fingerprint density at radius 3 is 2.66 bits per heavy atom. The standard InChI is InChI=1S/C33H36F2N6O4S.CH4/c1-20-7-10-22(15-23(20)18-39-19-24-5-2-3-14-40(24)33-28(46(39,44)45)6-4-13-36-33)26(16-29(42)43)25-11-12-27-31(30(25)32(34)35)37-38-41(27)17-21-8-9-21;/h4,6-7,10-13,15,21,24,26,32H,2-3,5,8-9,14,16-19H2,1H3,(H,42,43);1H4/t24-,26-;/m1./s1. The van der Waals surface area contributed by atoms with E-state index in [1.165, 1.54) is 4.31 Å². The van der Waals surface area contributed by atoms with Crippen molar-refractivity contribution < 1.29 is 27.1 Å². The first-order valence-corrected chi connectivity index (χ1v) is 17.2. The SMILES string of the molecule is C.Cc1ccc([C@@H](CC(=O)O)c2ccc3c(nnn3CC3CC3)c2C(F)F)cc1CN1C[C@H]2CCCCN2c2ncccc2S1(=O)=O. The first-order valence-electron chi connectivity index (χ1n) is 15.8. The summed E-state index contributed by atoms with van der Waals surface area (Å²) in [5.74, 6) is -1.12. The van der Waals surface area contributed by atoms with Gasteiger partial charge in [0.2, 0.25) is 10.0 Å². The Bertz CT molecular complexity index is 1910. The number of sulfonamides is 1. The van der Waals surface area contributed by atoms with Crippen LogP contribution in [0.5, 0.6) is 0 Å². The molecule has 2 aromatic heterocycles. The van der Waals surface area contributed by atoms with E-state index in [2.05, 4.69) is 20.2 Å². The predicted octanol–water partition coefficient (Wildman–Crippen LogP) is 6.29. The highest BCUT2D eigenvalue weighted by molar-refractivity contribution is 7.89. The molecule has 10 nitrogen and oxygen atoms in total. The van der Waals surface area contributed by atoms with Crippen molar-refractivity contribution in [3.05, 3.63) is 76.5 Å². The van der Waals surface area contributed by atoms with Crippen LogP contribution < -0.4 is 4.90 Å². The Morgan fingerprint density at radius 2 is 1.91 bits per heavy atom. The van der Waals surface area contributed by atoms with E-state index in [0.717, 1.165) is 44.2 Å². The smallest absolute Gasteiger partial charge is 0.304 e. The summed E-state index contributed by atoms with van der Waals surface area (Å²) < 4.78 is 60.8. The molecule has 250 valence electrons. The number of nitrogens with zero attached hydrogens (tertiary/aromatic N) is 6. The number of halogens is 2. The van der Waals surface area contributed by atoms with Crippen molar-refractivity contribution in [2.45, 2.75) is 89.2 Å². The van der Waals surface area contributed by atoms with Gasteiger partial charge in [-0.2, -0.15) is 4.31 Å². The molecule has 0 spiro atoms. The number of carbonyl (C=O) groups is 1. The molecule has 7 rings (SSSR count). The lowest BCUT2D eigenvalue weighted by Crippen LogP contribution is -2.45. The first-order chi connectivity index (χ1) is 22.1. The second-order valence-electron chi connectivity index (χ2n) is 12.8. The second-order valence-corrected chi connectivity index (χ2v) is 14.7. The maximum Gasteiger partial charge on any atom is 0.304 e. The number of aliphatic carboxylic acids is 1. The number of hydrogen-bond acceptors (Lipinski definition) is 7. The van der Waals surface area contributed by atoms with Crippen LogP contribution in [-0.2, 0) is 27.9 Å². The van der Waals surface area contributed by atoms with Crippen LogP contribution in [-0.4, -0.2) is 62.9 Å². The fraction of sp³-hybridized carbons (Fsp3) is 0.471. The molecule has 2 aromatic carbocycles. The molecule has 1 aliphatic carbocycles. The summed E-state index contributed by atoms with van der Waals surface area (Å²) in [4.78, 5) is 18.9. The summed E-state index contributed by atoms with van der Waals surface area (Å²) in [7, 11) is -3.92. The molecule has 1 saturated heterocycles. The molecule has 47 heavy (non-hydrogen) atoms. The number of aromatic nitrogens is 4. The molecule has 4 aromatic rings. The minimum Gasteiger partial charge on any atom is -0.481 e. The third-order valence-corrected chi connectivity index (χ3v) is 11.5. The number of piperidine rings is 1. The molecule has 0 bridgehead atoms. The van der Waals surface area contributed by atoms with Gasteiger partial charge in [0, 0.05) is 44.3 Å². The highest BCUT2D eigenvalue weighted by Crippen LogP contribution is 2.41. The summed E-state index contributed by atoms with van der Waals surface area (Å²) in [5.41, 5.74) is 2.46. The largest absolute Gasteiger partial charge is 0.481 e. The van der Waals surface area contributed by atoms with Gasteiger partial charge < -0.3 is 10.0 Å². The molecule has 3 aliphatic rings. The Kier molecular flexibility index (Phi) is 9.05. The van der Waals surface area contributed by atoms with Gasteiger partial charge in [0.1, 0.15) is 16.2 Å². The van der Waals surface area contributed by atoms with Crippen LogP contribution in [0.4, 0.5) is 14.6 Å². The monoisotopic (exact) mass is 666 g/mol. The molecule has 0 radical (unpaired) electrons. The number of carboxylic acids is 1. The Morgan fingerprint density at radius 1 is 1.11 bits per heavy atom. The van der Waals surface area contributed by atoms with Gasteiger partial charge in [-0.3, -0.25) is 4.79 Å². The van der Waals surface area contributed by atoms with E-state index in [0.29, 0.717) is 34.9 Å². The average molecular weight is 667 g/mol. The third kappa shape index (κ3) is 6.22. The lowest BCUT2D eigenvalue weighted by molar-refractivity contribution is -0.137. The summed E-state index contributed by atoms with van der Waals surface area (Å²) in [6, 6.07) is 11.8. The number of rotatable bonds is 9. The minimum atomic E-state index is -3.92. The van der Waals surface area contributed by atoms with Crippen molar-refractivity contribution in [1.82, 2.24) is 24.3 Å². The number of hydrogen-bond donors (Lipinski definition) is 1.